The fourth-order valence-electron chi connectivity index (χ4n) is 4.76. The van der Waals surface area contributed by atoms with Gasteiger partial charge in [-0.3, -0.25) is 4.79 Å². The molecule has 0 saturated heterocycles. The highest BCUT2D eigenvalue weighted by atomic mass is 16.4. The first-order chi connectivity index (χ1) is 8.23. The summed E-state index contributed by atoms with van der Waals surface area (Å²) in [5, 5.41) is 9.27. The van der Waals surface area contributed by atoms with Gasteiger partial charge in [-0.2, -0.15) is 0 Å². The number of hydrogen-bond acceptors (Lipinski definition) is 1. The number of carboxylic acids is 1. The van der Waals surface area contributed by atoms with Crippen LogP contribution in [0.4, 0.5) is 0 Å². The quantitative estimate of drug-likeness (QED) is 0.820. The molecule has 0 spiro atoms. The lowest BCUT2D eigenvalue weighted by molar-refractivity contribution is -0.144. The lowest BCUT2D eigenvalue weighted by Gasteiger charge is -2.38. The van der Waals surface area contributed by atoms with Crippen molar-refractivity contribution < 1.29 is 9.90 Å². The molecular formula is C16H26O2. The predicted octanol–water partition coefficient (Wildman–Crippen LogP) is 3.95. The van der Waals surface area contributed by atoms with E-state index >= 15 is 0 Å². The molecule has 0 radical (unpaired) electrons. The summed E-state index contributed by atoms with van der Waals surface area (Å²) in [7, 11) is 0. The van der Waals surface area contributed by atoms with Gasteiger partial charge < -0.3 is 5.11 Å². The number of fused-ring (bicyclic) bond motifs is 1. The van der Waals surface area contributed by atoms with Crippen molar-refractivity contribution in [2.24, 2.45) is 34.0 Å². The topological polar surface area (TPSA) is 37.3 Å². The summed E-state index contributed by atoms with van der Waals surface area (Å²) < 4.78 is 0. The lowest BCUT2D eigenvalue weighted by Crippen LogP contribution is -2.32. The van der Waals surface area contributed by atoms with Crippen molar-refractivity contribution in [1.29, 1.82) is 0 Å². The summed E-state index contributed by atoms with van der Waals surface area (Å²) in [4.78, 5) is 11.3. The smallest absolute Gasteiger partial charge is 0.306 e. The summed E-state index contributed by atoms with van der Waals surface area (Å²) in [6.07, 6.45) is 6.16. The van der Waals surface area contributed by atoms with Crippen molar-refractivity contribution in [3.63, 3.8) is 0 Å². The number of hydrogen-bond donors (Lipinski definition) is 1. The molecule has 3 fully saturated rings. The average molecular weight is 250 g/mol. The van der Waals surface area contributed by atoms with E-state index in [0.29, 0.717) is 10.8 Å². The molecule has 0 aromatic carbocycles. The maximum Gasteiger partial charge on any atom is 0.306 e. The van der Waals surface area contributed by atoms with Crippen LogP contribution in [0.15, 0.2) is 0 Å². The molecule has 3 rings (SSSR count). The maximum absolute atomic E-state index is 11.3. The molecule has 3 aliphatic rings. The summed E-state index contributed by atoms with van der Waals surface area (Å²) in [5.74, 6) is 0.914. The molecule has 3 aliphatic carbocycles. The van der Waals surface area contributed by atoms with Crippen LogP contribution >= 0.6 is 0 Å². The predicted molar refractivity (Wildman–Crippen MR) is 71.2 cm³/mol. The van der Waals surface area contributed by atoms with E-state index in [-0.39, 0.29) is 11.3 Å². The normalized spacial score (nSPS) is 44.2. The molecule has 4 atom stereocenters. The van der Waals surface area contributed by atoms with Crippen LogP contribution in [0.5, 0.6) is 0 Å². The van der Waals surface area contributed by atoms with Gasteiger partial charge in [-0.1, -0.05) is 27.7 Å². The van der Waals surface area contributed by atoms with Gasteiger partial charge in [0.2, 0.25) is 0 Å². The molecule has 3 saturated carbocycles. The van der Waals surface area contributed by atoms with Crippen LogP contribution in [0, 0.1) is 34.0 Å². The van der Waals surface area contributed by atoms with Crippen LogP contribution in [0.3, 0.4) is 0 Å². The van der Waals surface area contributed by atoms with Crippen molar-refractivity contribution in [3.8, 4) is 0 Å². The van der Waals surface area contributed by atoms with Gasteiger partial charge in [0, 0.05) is 0 Å². The van der Waals surface area contributed by atoms with Crippen LogP contribution in [-0.4, -0.2) is 11.1 Å². The summed E-state index contributed by atoms with van der Waals surface area (Å²) in [6.45, 7) is 9.20. The van der Waals surface area contributed by atoms with Crippen LogP contribution in [0.25, 0.3) is 0 Å². The Hall–Kier alpha value is -0.530. The molecule has 2 nitrogen and oxygen atoms in total. The zero-order valence-electron chi connectivity index (χ0n) is 12.1. The summed E-state index contributed by atoms with van der Waals surface area (Å²) in [5.41, 5.74) is 1.10. The third kappa shape index (κ3) is 1.44. The average Bonchev–Trinajstić information content (AvgIpc) is 3.14. The second kappa shape index (κ2) is 3.32. The molecule has 2 heteroatoms. The van der Waals surface area contributed by atoms with Gasteiger partial charge in [0.25, 0.3) is 0 Å². The van der Waals surface area contributed by atoms with E-state index in [2.05, 4.69) is 20.8 Å². The molecule has 0 bridgehead atoms. The van der Waals surface area contributed by atoms with E-state index in [9.17, 15) is 9.90 Å². The molecule has 4 unspecified atom stereocenters. The molecule has 102 valence electrons. The molecule has 0 aromatic rings. The Bertz CT molecular complexity index is 394. The molecular weight excluding hydrogens is 224 g/mol. The van der Waals surface area contributed by atoms with E-state index in [4.69, 9.17) is 0 Å². The van der Waals surface area contributed by atoms with E-state index in [1.54, 1.807) is 0 Å². The van der Waals surface area contributed by atoms with E-state index in [0.717, 1.165) is 31.1 Å². The van der Waals surface area contributed by atoms with Crippen molar-refractivity contribution in [2.45, 2.75) is 59.8 Å². The van der Waals surface area contributed by atoms with Crippen molar-refractivity contribution in [1.82, 2.24) is 0 Å². The highest BCUT2D eigenvalue weighted by molar-refractivity contribution is 5.71. The molecule has 1 N–H and O–H groups in total. The Morgan fingerprint density at radius 2 is 1.94 bits per heavy atom. The molecule has 0 aliphatic heterocycles. The minimum atomic E-state index is -0.598. The van der Waals surface area contributed by atoms with E-state index < -0.39 is 5.97 Å². The zero-order valence-corrected chi connectivity index (χ0v) is 12.1. The monoisotopic (exact) mass is 250 g/mol. The third-order valence-corrected chi connectivity index (χ3v) is 7.31. The maximum atomic E-state index is 11.3. The van der Waals surface area contributed by atoms with Crippen LogP contribution in [-0.2, 0) is 4.79 Å². The molecule has 0 aromatic heterocycles. The number of rotatable bonds is 4. The SMILES string of the molecule is CC(C(=O)O)C1(CC2CC3CC3(C)C2(C)C)CC1. The van der Waals surface area contributed by atoms with Crippen LogP contribution in [0.1, 0.15) is 59.8 Å². The second-order valence-corrected chi connectivity index (χ2v) is 8.10. The highest BCUT2D eigenvalue weighted by Gasteiger charge is 2.68. The molecule has 0 heterocycles. The Morgan fingerprint density at radius 3 is 2.33 bits per heavy atom. The van der Waals surface area contributed by atoms with Gasteiger partial charge in [-0.15, -0.1) is 0 Å². The van der Waals surface area contributed by atoms with Gasteiger partial charge in [0.05, 0.1) is 5.92 Å². The number of carbonyl (C=O) groups is 1. The standard InChI is InChI=1S/C16H26O2/c1-10(13(17)18)16(5-6-16)9-11-7-12-8-15(12,4)14(11,2)3/h10-12H,5-9H2,1-4H3,(H,17,18). The largest absolute Gasteiger partial charge is 0.481 e. The minimum absolute atomic E-state index is 0.140. The first-order valence-corrected chi connectivity index (χ1v) is 7.46. The van der Waals surface area contributed by atoms with Gasteiger partial charge in [-0.05, 0) is 60.2 Å². The third-order valence-electron chi connectivity index (χ3n) is 7.31. The lowest BCUT2D eigenvalue weighted by atomic mass is 9.66. The molecule has 18 heavy (non-hydrogen) atoms. The Morgan fingerprint density at radius 1 is 1.33 bits per heavy atom. The van der Waals surface area contributed by atoms with Gasteiger partial charge >= 0.3 is 5.97 Å². The summed E-state index contributed by atoms with van der Waals surface area (Å²) in [6, 6.07) is 0. The Labute approximate surface area is 110 Å². The number of carboxylic acid groups (broad SMARTS) is 1. The minimum Gasteiger partial charge on any atom is -0.481 e. The first-order valence-electron chi connectivity index (χ1n) is 7.46. The summed E-state index contributed by atoms with van der Waals surface area (Å²) >= 11 is 0. The second-order valence-electron chi connectivity index (χ2n) is 8.10. The van der Waals surface area contributed by atoms with Gasteiger partial charge in [0.1, 0.15) is 0 Å². The van der Waals surface area contributed by atoms with E-state index in [1.165, 1.54) is 12.8 Å². The zero-order chi connectivity index (χ0) is 13.3. The van der Waals surface area contributed by atoms with Crippen molar-refractivity contribution in [3.05, 3.63) is 0 Å². The Balaban J connectivity index is 1.73. The number of aliphatic carboxylic acids is 1. The molecule has 0 amide bonds. The highest BCUT2D eigenvalue weighted by Crippen LogP contribution is 2.76. The Kier molecular flexibility index (Phi) is 2.30. The fourth-order valence-corrected chi connectivity index (χ4v) is 4.76. The first kappa shape index (κ1) is 12.5. The van der Waals surface area contributed by atoms with Crippen molar-refractivity contribution >= 4 is 5.97 Å². The van der Waals surface area contributed by atoms with Crippen molar-refractivity contribution in [2.75, 3.05) is 0 Å². The van der Waals surface area contributed by atoms with Gasteiger partial charge in [0.15, 0.2) is 0 Å². The fraction of sp³-hybridized carbons (Fsp3) is 0.938. The van der Waals surface area contributed by atoms with Gasteiger partial charge in [-0.25, -0.2) is 0 Å². The van der Waals surface area contributed by atoms with Crippen LogP contribution < -0.4 is 0 Å². The van der Waals surface area contributed by atoms with Crippen LogP contribution in [0.2, 0.25) is 0 Å². The van der Waals surface area contributed by atoms with E-state index in [1.807, 2.05) is 6.92 Å².